The van der Waals surface area contributed by atoms with Gasteiger partial charge in [0.25, 0.3) is 0 Å². The minimum Gasteiger partial charge on any atom is -0.493 e. The largest absolute Gasteiger partial charge is 0.493 e. The third kappa shape index (κ3) is 27.8. The fraction of sp³-hybridized carbons (Fsp3) is 0.814. The average Bonchev–Trinajstić information content (AvgIpc) is 3.81. The SMILES string of the molecule is CC.CC.CCC(C)(C)CC(C)O.CCCC.CCCC(C)CC(CC)c1ccc2c(c1)CCO2.CCCC(CC)=C1CC1.CO. The zero-order valence-corrected chi connectivity index (χ0v) is 34.4. The van der Waals surface area contributed by atoms with Crippen molar-refractivity contribution in [3.8, 4) is 5.75 Å². The molecule has 3 heteroatoms. The first-order chi connectivity index (χ1) is 22.0. The van der Waals surface area contributed by atoms with Crippen molar-refractivity contribution in [2.45, 2.75) is 206 Å². The third-order valence-electron chi connectivity index (χ3n) is 8.43. The van der Waals surface area contributed by atoms with E-state index in [0.29, 0.717) is 5.41 Å². The summed E-state index contributed by atoms with van der Waals surface area (Å²) in [5.41, 5.74) is 6.75. The number of aliphatic hydroxyl groups excluding tert-OH is 2. The fourth-order valence-corrected chi connectivity index (χ4v) is 5.36. The van der Waals surface area contributed by atoms with E-state index < -0.39 is 0 Å². The van der Waals surface area contributed by atoms with E-state index in [1.54, 1.807) is 11.1 Å². The van der Waals surface area contributed by atoms with Gasteiger partial charge in [-0.05, 0) is 86.3 Å². The molecule has 1 aromatic carbocycles. The van der Waals surface area contributed by atoms with Crippen LogP contribution in [0.15, 0.2) is 29.3 Å². The van der Waals surface area contributed by atoms with Crippen molar-refractivity contribution >= 4 is 0 Å². The summed E-state index contributed by atoms with van der Waals surface area (Å²) in [5.74, 6) is 2.66. The van der Waals surface area contributed by atoms with E-state index in [-0.39, 0.29) is 6.10 Å². The predicted molar refractivity (Wildman–Crippen MR) is 211 cm³/mol. The van der Waals surface area contributed by atoms with Crippen molar-refractivity contribution in [1.29, 1.82) is 0 Å². The van der Waals surface area contributed by atoms with Crippen molar-refractivity contribution in [3.63, 3.8) is 0 Å². The van der Waals surface area contributed by atoms with Crippen LogP contribution in [0, 0.1) is 11.3 Å². The first kappa shape index (κ1) is 51.5. The second-order valence-electron chi connectivity index (χ2n) is 13.1. The molecule has 0 saturated heterocycles. The zero-order valence-electron chi connectivity index (χ0n) is 34.4. The van der Waals surface area contributed by atoms with Gasteiger partial charge in [0.05, 0.1) is 12.7 Å². The molecule has 2 N–H and O–H groups in total. The summed E-state index contributed by atoms with van der Waals surface area (Å²) in [6.45, 7) is 33.1. The number of ether oxygens (including phenoxy) is 1. The van der Waals surface area contributed by atoms with Crippen LogP contribution in [0.2, 0.25) is 0 Å². The summed E-state index contributed by atoms with van der Waals surface area (Å²) in [4.78, 5) is 0. The van der Waals surface area contributed by atoms with Gasteiger partial charge in [-0.15, -0.1) is 0 Å². The maximum atomic E-state index is 9.02. The molecule has 2 aliphatic rings. The molecule has 0 bridgehead atoms. The molecular weight excluding hydrogens is 564 g/mol. The lowest BCUT2D eigenvalue weighted by atomic mass is 9.85. The highest BCUT2D eigenvalue weighted by Crippen LogP contribution is 2.35. The van der Waals surface area contributed by atoms with E-state index in [1.165, 1.54) is 81.8 Å². The molecule has 1 fully saturated rings. The molecule has 0 spiro atoms. The second kappa shape index (κ2) is 35.0. The van der Waals surface area contributed by atoms with Gasteiger partial charge in [-0.3, -0.25) is 0 Å². The van der Waals surface area contributed by atoms with Crippen LogP contribution in [0.1, 0.15) is 204 Å². The average molecular weight is 651 g/mol. The summed E-state index contributed by atoms with van der Waals surface area (Å²) in [6, 6.07) is 6.83. The van der Waals surface area contributed by atoms with E-state index in [0.717, 1.165) is 50.6 Å². The molecule has 3 nitrogen and oxygen atoms in total. The maximum Gasteiger partial charge on any atom is 0.122 e. The molecule has 0 radical (unpaired) electrons. The number of hydrogen-bond acceptors (Lipinski definition) is 3. The Morgan fingerprint density at radius 3 is 1.76 bits per heavy atom. The van der Waals surface area contributed by atoms with Crippen LogP contribution in [-0.2, 0) is 6.42 Å². The predicted octanol–water partition coefficient (Wildman–Crippen LogP) is 13.9. The van der Waals surface area contributed by atoms with Crippen molar-refractivity contribution in [1.82, 2.24) is 0 Å². The number of benzene rings is 1. The molecular formula is C43H86O3. The fourth-order valence-electron chi connectivity index (χ4n) is 5.36. The molecule has 46 heavy (non-hydrogen) atoms. The Labute approximate surface area is 291 Å². The van der Waals surface area contributed by atoms with Gasteiger partial charge in [0.1, 0.15) is 5.75 Å². The first-order valence-electron chi connectivity index (χ1n) is 19.6. The second-order valence-corrected chi connectivity index (χ2v) is 13.1. The molecule has 1 aliphatic carbocycles. The number of allylic oxidation sites excluding steroid dienone is 2. The van der Waals surface area contributed by atoms with Crippen LogP contribution in [0.5, 0.6) is 5.75 Å². The monoisotopic (exact) mass is 651 g/mol. The molecule has 0 aromatic heterocycles. The Hall–Kier alpha value is -1.32. The Bertz CT molecular complexity index is 785. The van der Waals surface area contributed by atoms with Gasteiger partial charge in [0.15, 0.2) is 0 Å². The molecule has 1 aliphatic heterocycles. The van der Waals surface area contributed by atoms with Crippen molar-refractivity contribution in [2.75, 3.05) is 13.7 Å². The third-order valence-corrected chi connectivity index (χ3v) is 8.43. The van der Waals surface area contributed by atoms with Crippen LogP contribution >= 0.6 is 0 Å². The lowest BCUT2D eigenvalue weighted by molar-refractivity contribution is 0.127. The molecule has 3 rings (SSSR count). The van der Waals surface area contributed by atoms with Gasteiger partial charge in [0, 0.05) is 13.5 Å². The number of aliphatic hydroxyl groups is 2. The molecule has 0 amide bonds. The van der Waals surface area contributed by atoms with Crippen LogP contribution in [0.4, 0.5) is 0 Å². The van der Waals surface area contributed by atoms with Crippen molar-refractivity contribution in [3.05, 3.63) is 40.5 Å². The van der Waals surface area contributed by atoms with Crippen LogP contribution in [-0.4, -0.2) is 30.0 Å². The first-order valence-corrected chi connectivity index (χ1v) is 19.6. The highest BCUT2D eigenvalue weighted by molar-refractivity contribution is 5.41. The zero-order chi connectivity index (χ0) is 36.6. The summed E-state index contributed by atoms with van der Waals surface area (Å²) in [5, 5.41) is 16.0. The lowest BCUT2D eigenvalue weighted by Gasteiger charge is -2.23. The Morgan fingerprint density at radius 1 is 0.826 bits per heavy atom. The van der Waals surface area contributed by atoms with Gasteiger partial charge in [-0.2, -0.15) is 0 Å². The normalized spacial score (nSPS) is 13.9. The Balaban J connectivity index is -0.000000268. The number of fused-ring (bicyclic) bond motifs is 1. The number of hydrogen-bond donors (Lipinski definition) is 2. The van der Waals surface area contributed by atoms with Gasteiger partial charge in [-0.25, -0.2) is 0 Å². The molecule has 1 aromatic rings. The van der Waals surface area contributed by atoms with Gasteiger partial charge in [-0.1, -0.05) is 159 Å². The Kier molecular flexibility index (Phi) is 39.2. The molecule has 276 valence electrons. The summed E-state index contributed by atoms with van der Waals surface area (Å²) in [6.07, 6.45) is 17.6. The Morgan fingerprint density at radius 2 is 1.39 bits per heavy atom. The lowest BCUT2D eigenvalue weighted by Crippen LogP contribution is -2.16. The van der Waals surface area contributed by atoms with Crippen LogP contribution in [0.3, 0.4) is 0 Å². The van der Waals surface area contributed by atoms with E-state index in [4.69, 9.17) is 14.9 Å². The van der Waals surface area contributed by atoms with Gasteiger partial charge >= 0.3 is 0 Å². The maximum absolute atomic E-state index is 9.02. The smallest absolute Gasteiger partial charge is 0.122 e. The van der Waals surface area contributed by atoms with Gasteiger partial charge in [0.2, 0.25) is 0 Å². The van der Waals surface area contributed by atoms with Crippen LogP contribution < -0.4 is 4.74 Å². The summed E-state index contributed by atoms with van der Waals surface area (Å²) in [7, 11) is 1.00. The van der Waals surface area contributed by atoms with E-state index in [9.17, 15) is 0 Å². The standard InChI is InChI=1S/C17H26O.C9H16.C8H18O.C4H10.2C2H6.CH4O/c1-4-6-13(3)11-14(5-2)15-7-8-17-16(12-15)9-10-18-17;1-3-5-8(4-2)9-6-7-9;1-5-8(3,4)6-7(2)9;1-3-4-2;3*1-2/h7-8,12-14H,4-6,9-11H2,1-3H3;3-7H2,1-2H3;7,9H,5-6H2,1-4H3;3-4H2,1-2H3;2*1-2H3;2H,1H3. The number of rotatable bonds is 13. The quantitative estimate of drug-likeness (QED) is 0.209. The topological polar surface area (TPSA) is 49.7 Å². The van der Waals surface area contributed by atoms with Crippen molar-refractivity contribution < 1.29 is 14.9 Å². The highest BCUT2D eigenvalue weighted by atomic mass is 16.5. The van der Waals surface area contributed by atoms with Crippen molar-refractivity contribution in [2.24, 2.45) is 11.3 Å². The summed E-state index contributed by atoms with van der Waals surface area (Å²) >= 11 is 0. The molecule has 1 saturated carbocycles. The van der Waals surface area contributed by atoms with E-state index in [1.807, 2.05) is 34.6 Å². The van der Waals surface area contributed by atoms with Gasteiger partial charge < -0.3 is 14.9 Å². The van der Waals surface area contributed by atoms with E-state index >= 15 is 0 Å². The van der Waals surface area contributed by atoms with Crippen LogP contribution in [0.25, 0.3) is 0 Å². The molecule has 3 atom stereocenters. The van der Waals surface area contributed by atoms with E-state index in [2.05, 4.69) is 87.4 Å². The number of unbranched alkanes of at least 4 members (excludes halogenated alkanes) is 1. The summed E-state index contributed by atoms with van der Waals surface area (Å²) < 4.78 is 5.59. The highest BCUT2D eigenvalue weighted by Gasteiger charge is 2.18. The molecule has 3 unspecified atom stereocenters. The minimum absolute atomic E-state index is 0.153. The minimum atomic E-state index is -0.153. The molecule has 1 heterocycles.